The van der Waals surface area contributed by atoms with Crippen LogP contribution in [0.3, 0.4) is 0 Å². The van der Waals surface area contributed by atoms with Gasteiger partial charge in [0.15, 0.2) is 17.5 Å². The van der Waals surface area contributed by atoms with Crippen molar-refractivity contribution in [1.82, 2.24) is 15.0 Å². The zero-order chi connectivity index (χ0) is 35.4. The van der Waals surface area contributed by atoms with Crippen LogP contribution in [0, 0.1) is 23.7 Å². The molecule has 3 heteroatoms. The van der Waals surface area contributed by atoms with E-state index in [1.54, 1.807) is 11.1 Å². The highest BCUT2D eigenvalue weighted by Gasteiger charge is 2.62. The SMILES string of the molecule is c1ccc(-c2nc(-c3ccc4c(c3)-c3ccc5ccccc5c3C43C4CC5CC(C4)CC3C5)nc(-c3ccc(-c4ccccc4)c4ccccc34)n2)cc1. The largest absolute Gasteiger partial charge is 0.208 e. The van der Waals surface area contributed by atoms with E-state index in [0.29, 0.717) is 29.3 Å². The van der Waals surface area contributed by atoms with Gasteiger partial charge in [0.1, 0.15) is 0 Å². The molecule has 1 aromatic heterocycles. The van der Waals surface area contributed by atoms with Crippen LogP contribution in [-0.4, -0.2) is 15.0 Å². The zero-order valence-electron chi connectivity index (χ0n) is 30.1. The summed E-state index contributed by atoms with van der Waals surface area (Å²) in [7, 11) is 0. The molecule has 258 valence electrons. The third kappa shape index (κ3) is 4.33. The van der Waals surface area contributed by atoms with Crippen molar-refractivity contribution in [1.29, 1.82) is 0 Å². The zero-order valence-corrected chi connectivity index (χ0v) is 30.1. The molecule has 5 aliphatic carbocycles. The smallest absolute Gasteiger partial charge is 0.164 e. The summed E-state index contributed by atoms with van der Waals surface area (Å²) in [6.07, 6.45) is 6.92. The molecule has 0 unspecified atom stereocenters. The van der Waals surface area contributed by atoms with E-state index in [4.69, 9.17) is 15.0 Å². The van der Waals surface area contributed by atoms with Crippen LogP contribution in [0.5, 0.6) is 0 Å². The van der Waals surface area contributed by atoms with Gasteiger partial charge in [-0.15, -0.1) is 0 Å². The average molecular weight is 694 g/mol. The summed E-state index contributed by atoms with van der Waals surface area (Å²) >= 11 is 0. The van der Waals surface area contributed by atoms with Crippen LogP contribution in [0.25, 0.3) is 78.0 Å². The van der Waals surface area contributed by atoms with E-state index in [0.717, 1.165) is 33.9 Å². The minimum Gasteiger partial charge on any atom is -0.208 e. The molecule has 1 spiro atoms. The number of hydrogen-bond donors (Lipinski definition) is 0. The van der Waals surface area contributed by atoms with Crippen molar-refractivity contribution in [3.63, 3.8) is 0 Å². The van der Waals surface area contributed by atoms with E-state index in [1.807, 2.05) is 6.07 Å². The number of fused-ring (bicyclic) bond motifs is 6. The molecule has 0 N–H and O–H groups in total. The highest BCUT2D eigenvalue weighted by atomic mass is 15.0. The van der Waals surface area contributed by atoms with Crippen LogP contribution in [0.1, 0.15) is 43.2 Å². The Morgan fingerprint density at radius 2 is 0.944 bits per heavy atom. The van der Waals surface area contributed by atoms with E-state index in [2.05, 4.69) is 146 Å². The normalized spacial score (nSPS) is 23.3. The van der Waals surface area contributed by atoms with Crippen LogP contribution >= 0.6 is 0 Å². The molecular weight excluding hydrogens is 655 g/mol. The van der Waals surface area contributed by atoms with Crippen molar-refractivity contribution >= 4 is 21.5 Å². The van der Waals surface area contributed by atoms with E-state index < -0.39 is 0 Å². The Labute approximate surface area is 315 Å². The third-order valence-corrected chi connectivity index (χ3v) is 13.7. The quantitative estimate of drug-likeness (QED) is 0.184. The van der Waals surface area contributed by atoms with Crippen molar-refractivity contribution in [2.45, 2.75) is 37.5 Å². The van der Waals surface area contributed by atoms with Gasteiger partial charge in [-0.2, -0.15) is 0 Å². The summed E-state index contributed by atoms with van der Waals surface area (Å²) in [4.78, 5) is 15.8. The maximum absolute atomic E-state index is 5.34. The molecule has 1 heterocycles. The van der Waals surface area contributed by atoms with Crippen molar-refractivity contribution < 1.29 is 0 Å². The first-order chi connectivity index (χ1) is 26.7. The van der Waals surface area contributed by atoms with Crippen LogP contribution in [0.4, 0.5) is 0 Å². The Kier molecular flexibility index (Phi) is 6.52. The average Bonchev–Trinajstić information content (AvgIpc) is 3.53. The number of benzene rings is 7. The summed E-state index contributed by atoms with van der Waals surface area (Å²) in [5.41, 5.74) is 11.5. The standard InChI is InChI=1S/C51H39N3/c1-3-11-33(12-4-1)39-22-23-44(42-18-10-9-17-41(39)42)50-53-48(35-14-5-2-6-15-35)52-49(54-50)36-20-24-46-45(30-36)43-21-19-34-13-7-8-16-40(34)47(43)51(46)37-26-31-25-32(28-37)29-38(51)27-31/h1-24,30-32,37-38H,25-29H2. The summed E-state index contributed by atoms with van der Waals surface area (Å²) < 4.78 is 0. The third-order valence-electron chi connectivity index (χ3n) is 13.7. The van der Waals surface area contributed by atoms with Crippen LogP contribution in [0.2, 0.25) is 0 Å². The van der Waals surface area contributed by atoms with Gasteiger partial charge in [-0.05, 0) is 123 Å². The Balaban J connectivity index is 1.07. The Bertz CT molecular complexity index is 2760. The fourth-order valence-corrected chi connectivity index (χ4v) is 11.8. The predicted octanol–water partition coefficient (Wildman–Crippen LogP) is 12.6. The van der Waals surface area contributed by atoms with Gasteiger partial charge in [0.2, 0.25) is 0 Å². The molecule has 5 aliphatic rings. The molecule has 8 aromatic rings. The summed E-state index contributed by atoms with van der Waals surface area (Å²) in [6, 6.07) is 55.2. The molecule has 4 fully saturated rings. The van der Waals surface area contributed by atoms with Crippen molar-refractivity contribution in [2.24, 2.45) is 23.7 Å². The molecule has 7 aromatic carbocycles. The second-order valence-electron chi connectivity index (χ2n) is 16.4. The molecule has 13 rings (SSSR count). The van der Waals surface area contributed by atoms with E-state index in [1.165, 1.54) is 70.5 Å². The summed E-state index contributed by atoms with van der Waals surface area (Å²) in [5, 5.41) is 5.12. The maximum atomic E-state index is 5.34. The van der Waals surface area contributed by atoms with Crippen LogP contribution in [-0.2, 0) is 5.41 Å². The minimum absolute atomic E-state index is 0.0797. The fraction of sp³-hybridized carbons (Fsp3) is 0.196. The van der Waals surface area contributed by atoms with Crippen LogP contribution < -0.4 is 0 Å². The lowest BCUT2D eigenvalue weighted by Crippen LogP contribution is -2.55. The molecule has 0 amide bonds. The summed E-state index contributed by atoms with van der Waals surface area (Å²) in [6.45, 7) is 0. The Morgan fingerprint density at radius 1 is 0.389 bits per heavy atom. The molecule has 3 nitrogen and oxygen atoms in total. The van der Waals surface area contributed by atoms with Gasteiger partial charge >= 0.3 is 0 Å². The van der Waals surface area contributed by atoms with Gasteiger partial charge in [-0.25, -0.2) is 15.0 Å². The van der Waals surface area contributed by atoms with Gasteiger partial charge in [0, 0.05) is 22.1 Å². The first-order valence-electron chi connectivity index (χ1n) is 19.8. The van der Waals surface area contributed by atoms with Gasteiger partial charge < -0.3 is 0 Å². The first kappa shape index (κ1) is 30.5. The molecule has 0 saturated heterocycles. The Hall–Kier alpha value is -5.93. The van der Waals surface area contributed by atoms with E-state index in [-0.39, 0.29) is 5.41 Å². The molecule has 54 heavy (non-hydrogen) atoms. The van der Waals surface area contributed by atoms with Gasteiger partial charge in [0.05, 0.1) is 0 Å². The molecule has 4 saturated carbocycles. The second-order valence-corrected chi connectivity index (χ2v) is 16.4. The molecule has 0 radical (unpaired) electrons. The number of nitrogens with zero attached hydrogens (tertiary/aromatic N) is 3. The Morgan fingerprint density at radius 3 is 1.67 bits per heavy atom. The van der Waals surface area contributed by atoms with Gasteiger partial charge in [-0.3, -0.25) is 0 Å². The van der Waals surface area contributed by atoms with E-state index in [9.17, 15) is 0 Å². The molecule has 0 aliphatic heterocycles. The summed E-state index contributed by atoms with van der Waals surface area (Å²) in [5.74, 6) is 5.30. The van der Waals surface area contributed by atoms with Crippen LogP contribution in [0.15, 0.2) is 152 Å². The number of aromatic nitrogens is 3. The van der Waals surface area contributed by atoms with Crippen molar-refractivity contribution in [2.75, 3.05) is 0 Å². The molecule has 0 atom stereocenters. The topological polar surface area (TPSA) is 38.7 Å². The van der Waals surface area contributed by atoms with Crippen molar-refractivity contribution in [3.05, 3.63) is 163 Å². The first-order valence-corrected chi connectivity index (χ1v) is 19.8. The predicted molar refractivity (Wildman–Crippen MR) is 220 cm³/mol. The maximum Gasteiger partial charge on any atom is 0.164 e. The number of hydrogen-bond acceptors (Lipinski definition) is 3. The highest BCUT2D eigenvalue weighted by Crippen LogP contribution is 2.70. The minimum atomic E-state index is 0.0797. The van der Waals surface area contributed by atoms with Gasteiger partial charge in [-0.1, -0.05) is 140 Å². The van der Waals surface area contributed by atoms with E-state index >= 15 is 0 Å². The molecule has 4 bridgehead atoms. The number of rotatable bonds is 4. The lowest BCUT2D eigenvalue weighted by atomic mass is 9.43. The molecular formula is C51H39N3. The van der Waals surface area contributed by atoms with Crippen molar-refractivity contribution in [3.8, 4) is 56.4 Å². The second kappa shape index (κ2) is 11.5. The lowest BCUT2D eigenvalue weighted by Gasteiger charge is -2.61. The van der Waals surface area contributed by atoms with Gasteiger partial charge in [0.25, 0.3) is 0 Å². The fourth-order valence-electron chi connectivity index (χ4n) is 11.8. The highest BCUT2D eigenvalue weighted by molar-refractivity contribution is 6.04. The monoisotopic (exact) mass is 693 g/mol. The lowest BCUT2D eigenvalue weighted by molar-refractivity contribution is -0.0393.